The van der Waals surface area contributed by atoms with E-state index in [1.807, 2.05) is 0 Å². The summed E-state index contributed by atoms with van der Waals surface area (Å²) < 4.78 is 38.6. The van der Waals surface area contributed by atoms with Gasteiger partial charge >= 0.3 is 18.1 Å². The lowest BCUT2D eigenvalue weighted by Gasteiger charge is -2.10. The fraction of sp³-hybridized carbons (Fsp3) is 0.750. The van der Waals surface area contributed by atoms with E-state index in [-0.39, 0.29) is 6.42 Å². The average molecular weight is 242 g/mol. The number of unbranched alkanes of at least 4 members (excludes halogenated alkanes) is 1. The molecule has 8 heteroatoms. The summed E-state index contributed by atoms with van der Waals surface area (Å²) in [4.78, 5) is 21.2. The van der Waals surface area contributed by atoms with Crippen molar-refractivity contribution in [1.82, 2.24) is 0 Å². The van der Waals surface area contributed by atoms with Crippen molar-refractivity contribution in [2.75, 3.05) is 6.54 Å². The van der Waals surface area contributed by atoms with Crippen LogP contribution in [0.2, 0.25) is 0 Å². The van der Waals surface area contributed by atoms with E-state index in [2.05, 4.69) is 4.74 Å². The van der Waals surface area contributed by atoms with Crippen molar-refractivity contribution in [1.29, 1.82) is 0 Å². The van der Waals surface area contributed by atoms with Gasteiger partial charge in [-0.3, -0.25) is 0 Å². The molecule has 0 heterocycles. The minimum absolute atomic E-state index is 0.126. The van der Waals surface area contributed by atoms with Crippen LogP contribution >= 0.6 is 0 Å². The number of esters is 2. The maximum absolute atomic E-state index is 11.7. The highest BCUT2D eigenvalue weighted by molar-refractivity contribution is 5.90. The smallest absolute Gasteiger partial charge is 0.385 e. The van der Waals surface area contributed by atoms with Gasteiger partial charge in [0.1, 0.15) is 6.04 Å². The standard InChI is InChI=1S/C8H13F3N2O3/c9-8(10,11)7(15)16-6(14)5(13)3-1-2-4-12/h5H,1-4,12-13H2. The topological polar surface area (TPSA) is 95.4 Å². The molecule has 0 aromatic carbocycles. The minimum Gasteiger partial charge on any atom is -0.385 e. The molecule has 5 nitrogen and oxygen atoms in total. The Balaban J connectivity index is 4.01. The van der Waals surface area contributed by atoms with Crippen LogP contribution < -0.4 is 11.5 Å². The summed E-state index contributed by atoms with van der Waals surface area (Å²) in [5.41, 5.74) is 10.4. The largest absolute Gasteiger partial charge is 0.491 e. The second kappa shape index (κ2) is 6.44. The van der Waals surface area contributed by atoms with E-state index in [4.69, 9.17) is 11.5 Å². The molecule has 0 rings (SSSR count). The summed E-state index contributed by atoms with van der Waals surface area (Å²) in [7, 11) is 0. The Bertz CT molecular complexity index is 255. The lowest BCUT2D eigenvalue weighted by atomic mass is 10.1. The van der Waals surface area contributed by atoms with Crippen LogP contribution in [0.3, 0.4) is 0 Å². The maximum Gasteiger partial charge on any atom is 0.491 e. The molecule has 0 saturated heterocycles. The normalized spacial score (nSPS) is 13.3. The summed E-state index contributed by atoms with van der Waals surface area (Å²) >= 11 is 0. The monoisotopic (exact) mass is 242 g/mol. The van der Waals surface area contributed by atoms with Crippen LogP contribution in [-0.4, -0.2) is 30.7 Å². The van der Waals surface area contributed by atoms with Gasteiger partial charge < -0.3 is 16.2 Å². The summed E-state index contributed by atoms with van der Waals surface area (Å²) in [5.74, 6) is -3.92. The minimum atomic E-state index is -5.19. The number of rotatable bonds is 5. The molecule has 16 heavy (non-hydrogen) atoms. The number of hydrogen-bond donors (Lipinski definition) is 2. The molecular formula is C8H13F3N2O3. The molecule has 0 fully saturated rings. The predicted molar refractivity (Wildman–Crippen MR) is 48.0 cm³/mol. The van der Waals surface area contributed by atoms with Crippen molar-refractivity contribution in [3.63, 3.8) is 0 Å². The van der Waals surface area contributed by atoms with Crippen molar-refractivity contribution in [2.45, 2.75) is 31.5 Å². The van der Waals surface area contributed by atoms with Crippen LogP contribution in [0.25, 0.3) is 0 Å². The lowest BCUT2D eigenvalue weighted by Crippen LogP contribution is -2.37. The molecular weight excluding hydrogens is 229 g/mol. The molecule has 0 aliphatic heterocycles. The highest BCUT2D eigenvalue weighted by Gasteiger charge is 2.42. The highest BCUT2D eigenvalue weighted by Crippen LogP contribution is 2.17. The molecule has 94 valence electrons. The van der Waals surface area contributed by atoms with Gasteiger partial charge in [0.05, 0.1) is 0 Å². The molecule has 0 radical (unpaired) electrons. The Morgan fingerprint density at radius 3 is 2.25 bits per heavy atom. The van der Waals surface area contributed by atoms with E-state index in [1.54, 1.807) is 0 Å². The Morgan fingerprint density at radius 2 is 1.81 bits per heavy atom. The van der Waals surface area contributed by atoms with Crippen LogP contribution in [0.1, 0.15) is 19.3 Å². The third kappa shape index (κ3) is 5.66. The van der Waals surface area contributed by atoms with Crippen molar-refractivity contribution in [3.8, 4) is 0 Å². The molecule has 0 saturated carbocycles. The van der Waals surface area contributed by atoms with Crippen LogP contribution in [-0.2, 0) is 14.3 Å². The van der Waals surface area contributed by atoms with Gasteiger partial charge in [-0.1, -0.05) is 6.42 Å². The lowest BCUT2D eigenvalue weighted by molar-refractivity contribution is -0.202. The fourth-order valence-electron chi connectivity index (χ4n) is 0.851. The van der Waals surface area contributed by atoms with Gasteiger partial charge in [-0.25, -0.2) is 9.59 Å². The van der Waals surface area contributed by atoms with Gasteiger partial charge in [0.15, 0.2) is 0 Å². The van der Waals surface area contributed by atoms with Gasteiger partial charge in [-0.2, -0.15) is 13.2 Å². The second-order valence-corrected chi connectivity index (χ2v) is 3.10. The molecule has 0 aromatic heterocycles. The van der Waals surface area contributed by atoms with E-state index in [0.717, 1.165) is 0 Å². The van der Waals surface area contributed by atoms with Crippen LogP contribution in [0.5, 0.6) is 0 Å². The van der Waals surface area contributed by atoms with E-state index >= 15 is 0 Å². The van der Waals surface area contributed by atoms with Crippen molar-refractivity contribution in [3.05, 3.63) is 0 Å². The first-order chi connectivity index (χ1) is 7.29. The number of carbonyl (C=O) groups is 2. The van der Waals surface area contributed by atoms with E-state index in [0.29, 0.717) is 19.4 Å². The van der Waals surface area contributed by atoms with E-state index < -0.39 is 24.2 Å². The van der Waals surface area contributed by atoms with E-state index in [1.165, 1.54) is 0 Å². The summed E-state index contributed by atoms with van der Waals surface area (Å²) in [6.07, 6.45) is -3.99. The Morgan fingerprint density at radius 1 is 1.25 bits per heavy atom. The molecule has 1 atom stereocenters. The number of carbonyl (C=O) groups excluding carboxylic acids is 2. The molecule has 0 aromatic rings. The Labute approximate surface area is 89.9 Å². The number of ether oxygens (including phenoxy) is 1. The van der Waals surface area contributed by atoms with E-state index in [9.17, 15) is 22.8 Å². The first-order valence-electron chi connectivity index (χ1n) is 4.57. The van der Waals surface area contributed by atoms with Gasteiger partial charge in [0.25, 0.3) is 0 Å². The molecule has 1 unspecified atom stereocenters. The number of nitrogens with two attached hydrogens (primary N) is 2. The Hall–Kier alpha value is -1.15. The molecule has 0 aliphatic rings. The Kier molecular flexibility index (Phi) is 5.97. The van der Waals surface area contributed by atoms with Crippen LogP contribution in [0, 0.1) is 0 Å². The maximum atomic E-state index is 11.7. The van der Waals surface area contributed by atoms with Crippen molar-refractivity contribution < 1.29 is 27.5 Å². The summed E-state index contributed by atoms with van der Waals surface area (Å²) in [6.45, 7) is 0.392. The number of halogens is 3. The molecule has 0 amide bonds. The third-order valence-corrected chi connectivity index (χ3v) is 1.70. The predicted octanol–water partition coefficient (Wildman–Crippen LogP) is 0.0748. The van der Waals surface area contributed by atoms with Gasteiger partial charge in [-0.05, 0) is 19.4 Å². The fourth-order valence-corrected chi connectivity index (χ4v) is 0.851. The third-order valence-electron chi connectivity index (χ3n) is 1.70. The number of hydrogen-bond acceptors (Lipinski definition) is 5. The summed E-state index contributed by atoms with van der Waals surface area (Å²) in [6, 6.07) is -1.24. The first-order valence-corrected chi connectivity index (χ1v) is 4.57. The molecule has 4 N–H and O–H groups in total. The molecule has 0 aliphatic carbocycles. The molecule has 0 bridgehead atoms. The molecule has 0 spiro atoms. The van der Waals surface area contributed by atoms with Gasteiger partial charge in [0.2, 0.25) is 0 Å². The van der Waals surface area contributed by atoms with Crippen molar-refractivity contribution in [2.24, 2.45) is 11.5 Å². The zero-order valence-corrected chi connectivity index (χ0v) is 8.42. The average Bonchev–Trinajstić information content (AvgIpc) is 2.16. The van der Waals surface area contributed by atoms with Crippen molar-refractivity contribution >= 4 is 11.9 Å². The van der Waals surface area contributed by atoms with Crippen LogP contribution in [0.15, 0.2) is 0 Å². The SMILES string of the molecule is NCCCCC(N)C(=O)OC(=O)C(F)(F)F. The quantitative estimate of drug-likeness (QED) is 0.404. The van der Waals surface area contributed by atoms with Crippen LogP contribution in [0.4, 0.5) is 13.2 Å². The van der Waals surface area contributed by atoms with Gasteiger partial charge in [-0.15, -0.1) is 0 Å². The number of alkyl halides is 3. The highest BCUT2D eigenvalue weighted by atomic mass is 19.4. The zero-order valence-electron chi connectivity index (χ0n) is 8.42. The summed E-state index contributed by atoms with van der Waals surface area (Å²) in [5, 5.41) is 0. The zero-order chi connectivity index (χ0) is 12.8. The van der Waals surface area contributed by atoms with Gasteiger partial charge in [0, 0.05) is 0 Å². The first kappa shape index (κ1) is 14.8. The second-order valence-electron chi connectivity index (χ2n) is 3.10.